The molecule has 0 fully saturated rings. The first-order valence-electron chi connectivity index (χ1n) is 12.9. The average molecular weight is 527 g/mol. The third kappa shape index (κ3) is 6.12. The highest BCUT2D eigenvalue weighted by Crippen LogP contribution is 2.33. The Morgan fingerprint density at radius 1 is 0.949 bits per heavy atom. The second-order valence-corrected chi connectivity index (χ2v) is 9.26. The van der Waals surface area contributed by atoms with Gasteiger partial charge in [0.1, 0.15) is 23.9 Å². The number of amides is 2. The zero-order valence-corrected chi connectivity index (χ0v) is 23.0. The van der Waals surface area contributed by atoms with Crippen LogP contribution in [0.2, 0.25) is 0 Å². The molecule has 0 saturated heterocycles. The van der Waals surface area contributed by atoms with E-state index in [0.717, 1.165) is 28.1 Å². The van der Waals surface area contributed by atoms with Gasteiger partial charge < -0.3 is 19.7 Å². The average Bonchev–Trinajstić information content (AvgIpc) is 3.27. The van der Waals surface area contributed by atoms with Crippen molar-refractivity contribution in [3.05, 3.63) is 89.6 Å². The minimum absolute atomic E-state index is 0.131. The van der Waals surface area contributed by atoms with Crippen molar-refractivity contribution in [3.63, 3.8) is 0 Å². The predicted octanol–water partition coefficient (Wildman–Crippen LogP) is 5.66. The highest BCUT2D eigenvalue weighted by atomic mass is 16.5. The van der Waals surface area contributed by atoms with Crippen molar-refractivity contribution in [1.29, 1.82) is 0 Å². The Morgan fingerprint density at radius 2 is 1.67 bits per heavy atom. The lowest BCUT2D eigenvalue weighted by Crippen LogP contribution is -2.39. The number of hydrogen-bond donors (Lipinski definition) is 1. The standard InChI is InChI=1S/C31H34N4O4/c1-6-18-34(31(37)26-17-16-25(38-4)19-27(26)39-5)20-28(36)32-30-29(23-10-8-7-9-11-23)22(3)33-35(30)24-14-12-21(2)13-15-24/h7-17,19H,6,18,20H2,1-5H3,(H,32,36). The van der Waals surface area contributed by atoms with Gasteiger partial charge in [0.15, 0.2) is 0 Å². The Balaban J connectivity index is 1.67. The van der Waals surface area contributed by atoms with E-state index in [2.05, 4.69) is 5.32 Å². The van der Waals surface area contributed by atoms with Gasteiger partial charge in [-0.3, -0.25) is 9.59 Å². The van der Waals surface area contributed by atoms with E-state index in [4.69, 9.17) is 14.6 Å². The molecule has 0 spiro atoms. The van der Waals surface area contributed by atoms with E-state index in [1.165, 1.54) is 12.0 Å². The zero-order valence-electron chi connectivity index (χ0n) is 23.0. The molecule has 3 aromatic carbocycles. The molecule has 202 valence electrons. The Morgan fingerprint density at radius 3 is 2.31 bits per heavy atom. The topological polar surface area (TPSA) is 85.7 Å². The normalized spacial score (nSPS) is 10.7. The van der Waals surface area contributed by atoms with Gasteiger partial charge in [0, 0.05) is 18.2 Å². The van der Waals surface area contributed by atoms with Crippen LogP contribution in [0.3, 0.4) is 0 Å². The molecule has 0 unspecified atom stereocenters. The quantitative estimate of drug-likeness (QED) is 0.288. The minimum Gasteiger partial charge on any atom is -0.497 e. The van der Waals surface area contributed by atoms with E-state index in [1.807, 2.05) is 75.4 Å². The largest absolute Gasteiger partial charge is 0.497 e. The van der Waals surface area contributed by atoms with E-state index in [1.54, 1.807) is 30.0 Å². The fourth-order valence-electron chi connectivity index (χ4n) is 4.48. The molecule has 1 aromatic heterocycles. The van der Waals surface area contributed by atoms with Crippen molar-refractivity contribution in [2.75, 3.05) is 32.6 Å². The highest BCUT2D eigenvalue weighted by Gasteiger charge is 2.25. The van der Waals surface area contributed by atoms with E-state index in [9.17, 15) is 9.59 Å². The van der Waals surface area contributed by atoms with Crippen molar-refractivity contribution < 1.29 is 19.1 Å². The second kappa shape index (κ2) is 12.3. The van der Waals surface area contributed by atoms with Gasteiger partial charge in [-0.2, -0.15) is 5.10 Å². The lowest BCUT2D eigenvalue weighted by atomic mass is 10.1. The van der Waals surface area contributed by atoms with E-state index >= 15 is 0 Å². The summed E-state index contributed by atoms with van der Waals surface area (Å²) in [6, 6.07) is 22.8. The molecule has 4 rings (SSSR count). The van der Waals surface area contributed by atoms with E-state index in [-0.39, 0.29) is 18.4 Å². The van der Waals surface area contributed by atoms with E-state index < -0.39 is 0 Å². The summed E-state index contributed by atoms with van der Waals surface area (Å²) in [6.45, 7) is 6.18. The third-order valence-corrected chi connectivity index (χ3v) is 6.41. The fourth-order valence-corrected chi connectivity index (χ4v) is 4.48. The van der Waals surface area contributed by atoms with Crippen LogP contribution in [0.4, 0.5) is 5.82 Å². The van der Waals surface area contributed by atoms with Crippen molar-refractivity contribution in [3.8, 4) is 28.3 Å². The lowest BCUT2D eigenvalue weighted by molar-refractivity contribution is -0.116. The molecule has 0 aliphatic rings. The number of hydrogen-bond acceptors (Lipinski definition) is 5. The van der Waals surface area contributed by atoms with Gasteiger partial charge in [-0.05, 0) is 50.1 Å². The summed E-state index contributed by atoms with van der Waals surface area (Å²) in [5.41, 5.74) is 4.86. The van der Waals surface area contributed by atoms with Gasteiger partial charge >= 0.3 is 0 Å². The number of anilines is 1. The van der Waals surface area contributed by atoms with Crippen LogP contribution in [0.15, 0.2) is 72.8 Å². The number of nitrogens with zero attached hydrogens (tertiary/aromatic N) is 3. The van der Waals surface area contributed by atoms with Crippen LogP contribution in [-0.2, 0) is 4.79 Å². The molecule has 4 aromatic rings. The fraction of sp³-hybridized carbons (Fsp3) is 0.258. The number of methoxy groups -OCH3 is 2. The van der Waals surface area contributed by atoms with Gasteiger partial charge in [-0.25, -0.2) is 4.68 Å². The molecular weight excluding hydrogens is 492 g/mol. The monoisotopic (exact) mass is 526 g/mol. The second-order valence-electron chi connectivity index (χ2n) is 9.26. The first-order chi connectivity index (χ1) is 18.9. The molecular formula is C31H34N4O4. The first-order valence-corrected chi connectivity index (χ1v) is 12.9. The number of carbonyl (C=O) groups excluding carboxylic acids is 2. The lowest BCUT2D eigenvalue weighted by Gasteiger charge is -2.23. The summed E-state index contributed by atoms with van der Waals surface area (Å²) in [7, 11) is 3.05. The van der Waals surface area contributed by atoms with Crippen molar-refractivity contribution >= 4 is 17.6 Å². The van der Waals surface area contributed by atoms with Crippen molar-refractivity contribution in [2.24, 2.45) is 0 Å². The van der Waals surface area contributed by atoms with Crippen LogP contribution >= 0.6 is 0 Å². The van der Waals surface area contributed by atoms with Crippen LogP contribution in [0.5, 0.6) is 11.5 Å². The summed E-state index contributed by atoms with van der Waals surface area (Å²) >= 11 is 0. The summed E-state index contributed by atoms with van der Waals surface area (Å²) < 4.78 is 12.4. The molecule has 0 radical (unpaired) electrons. The molecule has 0 aliphatic carbocycles. The van der Waals surface area contributed by atoms with Gasteiger partial charge in [-0.15, -0.1) is 0 Å². The molecule has 1 N–H and O–H groups in total. The summed E-state index contributed by atoms with van der Waals surface area (Å²) in [6.07, 6.45) is 0.688. The Labute approximate surface area is 229 Å². The smallest absolute Gasteiger partial charge is 0.258 e. The highest BCUT2D eigenvalue weighted by molar-refractivity contribution is 6.02. The van der Waals surface area contributed by atoms with Crippen LogP contribution in [0.25, 0.3) is 16.8 Å². The number of ether oxygens (including phenoxy) is 2. The first kappa shape index (κ1) is 27.4. The number of nitrogens with one attached hydrogen (secondary N) is 1. The third-order valence-electron chi connectivity index (χ3n) is 6.41. The molecule has 8 heteroatoms. The number of aromatic nitrogens is 2. The summed E-state index contributed by atoms with van der Waals surface area (Å²) in [5.74, 6) is 0.905. The van der Waals surface area contributed by atoms with Gasteiger partial charge in [-0.1, -0.05) is 55.0 Å². The van der Waals surface area contributed by atoms with Crippen molar-refractivity contribution in [1.82, 2.24) is 14.7 Å². The van der Waals surface area contributed by atoms with Crippen LogP contribution in [-0.4, -0.2) is 53.8 Å². The molecule has 0 aliphatic heterocycles. The van der Waals surface area contributed by atoms with Crippen LogP contribution in [0.1, 0.15) is 35.0 Å². The molecule has 2 amide bonds. The number of benzene rings is 3. The maximum atomic E-state index is 13.5. The summed E-state index contributed by atoms with van der Waals surface area (Å²) in [4.78, 5) is 28.6. The van der Waals surface area contributed by atoms with E-state index in [0.29, 0.717) is 35.8 Å². The Kier molecular flexibility index (Phi) is 8.66. The predicted molar refractivity (Wildman–Crippen MR) is 153 cm³/mol. The number of aryl methyl sites for hydroxylation is 2. The zero-order chi connectivity index (χ0) is 27.9. The molecule has 39 heavy (non-hydrogen) atoms. The maximum Gasteiger partial charge on any atom is 0.258 e. The van der Waals surface area contributed by atoms with Crippen LogP contribution < -0.4 is 14.8 Å². The van der Waals surface area contributed by atoms with Crippen molar-refractivity contribution in [2.45, 2.75) is 27.2 Å². The molecule has 1 heterocycles. The number of rotatable bonds is 10. The number of carbonyl (C=O) groups is 2. The SMILES string of the molecule is CCCN(CC(=O)Nc1c(-c2ccccc2)c(C)nn1-c1ccc(C)cc1)C(=O)c1ccc(OC)cc1OC. The van der Waals surface area contributed by atoms with Gasteiger partial charge in [0.25, 0.3) is 5.91 Å². The molecule has 0 atom stereocenters. The Bertz CT molecular complexity index is 1450. The minimum atomic E-state index is -0.324. The molecule has 0 saturated carbocycles. The molecule has 8 nitrogen and oxygen atoms in total. The maximum absolute atomic E-state index is 13.5. The molecule has 0 bridgehead atoms. The summed E-state index contributed by atoms with van der Waals surface area (Å²) in [5, 5.41) is 7.84. The Hall–Kier alpha value is -4.59. The van der Waals surface area contributed by atoms with Crippen LogP contribution in [0, 0.1) is 13.8 Å². The van der Waals surface area contributed by atoms with Gasteiger partial charge in [0.2, 0.25) is 5.91 Å². The van der Waals surface area contributed by atoms with Gasteiger partial charge in [0.05, 0.1) is 31.2 Å².